The molecule has 128 valence electrons. The van der Waals surface area contributed by atoms with Gasteiger partial charge in [0.15, 0.2) is 0 Å². The molecule has 0 amide bonds. The lowest BCUT2D eigenvalue weighted by atomic mass is 10.3. The number of carbonyl (C=O) groups is 2. The summed E-state index contributed by atoms with van der Waals surface area (Å²) < 4.78 is 13.9. The number of para-hydroxylation sites is 1. The molecule has 0 fully saturated rings. The summed E-state index contributed by atoms with van der Waals surface area (Å²) >= 11 is 0. The number of rotatable bonds is 5. The summed E-state index contributed by atoms with van der Waals surface area (Å²) in [6.45, 7) is 15.2. The van der Waals surface area contributed by atoms with Crippen LogP contribution in [-0.4, -0.2) is 25.2 Å². The van der Waals surface area contributed by atoms with Gasteiger partial charge in [-0.05, 0) is 32.9 Å². The molecule has 0 saturated carbocycles. The summed E-state index contributed by atoms with van der Waals surface area (Å²) in [6.07, 6.45) is 1.10. The van der Waals surface area contributed by atoms with Crippen molar-refractivity contribution >= 4 is 11.9 Å². The molecule has 5 heteroatoms. The van der Waals surface area contributed by atoms with Gasteiger partial charge in [-0.2, -0.15) is 0 Å². The highest BCUT2D eigenvalue weighted by molar-refractivity contribution is 5.88. The lowest BCUT2D eigenvalue weighted by molar-refractivity contribution is -0.135. The first-order valence-corrected chi connectivity index (χ1v) is 7.17. The maximum atomic E-state index is 11.0. The van der Waals surface area contributed by atoms with E-state index in [1.54, 1.807) is 31.2 Å². The number of hydrogen-bond donors (Lipinski definition) is 0. The second-order valence-electron chi connectivity index (χ2n) is 4.04. The molecule has 1 aromatic carbocycles. The normalized spacial score (nSPS) is 8.35. The van der Waals surface area contributed by atoms with E-state index in [1.165, 1.54) is 6.92 Å². The van der Waals surface area contributed by atoms with Gasteiger partial charge in [-0.15, -0.1) is 0 Å². The van der Waals surface area contributed by atoms with Crippen molar-refractivity contribution < 1.29 is 23.8 Å². The maximum absolute atomic E-state index is 11.0. The van der Waals surface area contributed by atoms with E-state index >= 15 is 0 Å². The number of carbonyl (C=O) groups excluding carboxylic acids is 2. The number of benzene rings is 1. The zero-order valence-electron chi connectivity index (χ0n) is 14.3. The van der Waals surface area contributed by atoms with E-state index in [4.69, 9.17) is 9.47 Å². The first-order valence-electron chi connectivity index (χ1n) is 7.17. The van der Waals surface area contributed by atoms with Crippen LogP contribution in [0.5, 0.6) is 5.75 Å². The third kappa shape index (κ3) is 17.5. The second-order valence-corrected chi connectivity index (χ2v) is 4.04. The highest BCUT2D eigenvalue weighted by atomic mass is 16.5. The van der Waals surface area contributed by atoms with Crippen LogP contribution in [0, 0.1) is 0 Å². The first-order chi connectivity index (χ1) is 10.9. The minimum absolute atomic E-state index is 0.329. The molecule has 23 heavy (non-hydrogen) atoms. The van der Waals surface area contributed by atoms with Crippen molar-refractivity contribution in [3.05, 3.63) is 55.3 Å². The Hall–Kier alpha value is -2.40. The fraction of sp³-hybridized carbons (Fsp3) is 0.333. The van der Waals surface area contributed by atoms with E-state index < -0.39 is 0 Å². The van der Waals surface area contributed by atoms with Crippen molar-refractivity contribution in [3.63, 3.8) is 0 Å². The topological polar surface area (TPSA) is 61.8 Å². The van der Waals surface area contributed by atoms with Crippen LogP contribution < -0.4 is 4.74 Å². The Balaban J connectivity index is 0. The first kappa shape index (κ1) is 22.9. The van der Waals surface area contributed by atoms with Gasteiger partial charge in [-0.1, -0.05) is 31.4 Å². The van der Waals surface area contributed by atoms with E-state index in [2.05, 4.69) is 17.9 Å². The summed E-state index contributed by atoms with van der Waals surface area (Å²) in [5.74, 6) is -0.170. The number of esters is 2. The van der Waals surface area contributed by atoms with Crippen LogP contribution in [0.3, 0.4) is 0 Å². The minimum atomic E-state index is -0.388. The van der Waals surface area contributed by atoms with Crippen LogP contribution in [-0.2, 0) is 19.1 Å². The Morgan fingerprint density at radius 3 is 1.87 bits per heavy atom. The van der Waals surface area contributed by atoms with Crippen molar-refractivity contribution in [2.24, 2.45) is 0 Å². The molecule has 0 spiro atoms. The molecule has 0 radical (unpaired) electrons. The average molecular weight is 322 g/mol. The van der Waals surface area contributed by atoms with Crippen molar-refractivity contribution in [3.8, 4) is 5.75 Å². The largest absolute Gasteiger partial charge is 0.435 e. The van der Waals surface area contributed by atoms with Crippen LogP contribution in [0.25, 0.3) is 0 Å². The molecule has 1 aromatic rings. The SMILES string of the molecule is C=C(C)C(=O)Oc1ccccc1.C=COC(C)=O.CCOCC. The highest BCUT2D eigenvalue weighted by Crippen LogP contribution is 2.09. The van der Waals surface area contributed by atoms with Gasteiger partial charge in [0.1, 0.15) is 5.75 Å². The smallest absolute Gasteiger partial charge is 0.338 e. The van der Waals surface area contributed by atoms with Gasteiger partial charge in [-0.3, -0.25) is 4.79 Å². The Labute approximate surface area is 138 Å². The molecule has 0 N–H and O–H groups in total. The predicted octanol–water partition coefficient (Wildman–Crippen LogP) is 3.90. The maximum Gasteiger partial charge on any atom is 0.338 e. The fourth-order valence-electron chi connectivity index (χ4n) is 1.00. The van der Waals surface area contributed by atoms with Crippen LogP contribution >= 0.6 is 0 Å². The third-order valence-electron chi connectivity index (χ3n) is 1.96. The Bertz CT molecular complexity index is 464. The molecule has 0 saturated heterocycles. The summed E-state index contributed by atoms with van der Waals surface area (Å²) in [7, 11) is 0. The lowest BCUT2D eigenvalue weighted by Crippen LogP contribution is -2.07. The minimum Gasteiger partial charge on any atom is -0.435 e. The standard InChI is InChI=1S/C10H10O2.C4H6O2.C4H10O/c1-8(2)10(11)12-9-6-4-3-5-7-9;1-3-6-4(2)5;1-3-5-4-2/h3-7H,1H2,2H3;3H,1H2,2H3;3-4H2,1-2H3. The van der Waals surface area contributed by atoms with Gasteiger partial charge in [0.25, 0.3) is 0 Å². The molecule has 5 nitrogen and oxygen atoms in total. The number of ether oxygens (including phenoxy) is 3. The van der Waals surface area contributed by atoms with E-state index in [0.29, 0.717) is 11.3 Å². The lowest BCUT2D eigenvalue weighted by Gasteiger charge is -2.01. The molecule has 0 aliphatic rings. The van der Waals surface area contributed by atoms with E-state index in [1.807, 2.05) is 19.9 Å². The Kier molecular flexibility index (Phi) is 15.9. The Morgan fingerprint density at radius 1 is 1.09 bits per heavy atom. The second kappa shape index (κ2) is 16.0. The highest BCUT2D eigenvalue weighted by Gasteiger charge is 2.03. The zero-order chi connectivity index (χ0) is 18.1. The van der Waals surface area contributed by atoms with Crippen LogP contribution in [0.1, 0.15) is 27.7 Å². The van der Waals surface area contributed by atoms with Crippen molar-refractivity contribution in [2.75, 3.05) is 13.2 Å². The fourth-order valence-corrected chi connectivity index (χ4v) is 1.00. The van der Waals surface area contributed by atoms with Gasteiger partial charge in [-0.25, -0.2) is 4.79 Å². The van der Waals surface area contributed by atoms with Crippen molar-refractivity contribution in [1.82, 2.24) is 0 Å². The van der Waals surface area contributed by atoms with Gasteiger partial charge in [0.05, 0.1) is 6.26 Å². The van der Waals surface area contributed by atoms with Crippen molar-refractivity contribution in [2.45, 2.75) is 27.7 Å². The molecular formula is C18H26O5. The van der Waals surface area contributed by atoms with Gasteiger partial charge < -0.3 is 14.2 Å². The molecule has 1 rings (SSSR count). The molecule has 0 aromatic heterocycles. The number of hydrogen-bond acceptors (Lipinski definition) is 5. The van der Waals surface area contributed by atoms with Crippen LogP contribution in [0.4, 0.5) is 0 Å². The molecule has 0 aliphatic heterocycles. The predicted molar refractivity (Wildman–Crippen MR) is 91.0 cm³/mol. The van der Waals surface area contributed by atoms with Gasteiger partial charge in [0, 0.05) is 25.7 Å². The van der Waals surface area contributed by atoms with E-state index in [9.17, 15) is 9.59 Å². The molecule has 0 aliphatic carbocycles. The molecule has 0 bridgehead atoms. The van der Waals surface area contributed by atoms with Crippen LogP contribution in [0.15, 0.2) is 55.3 Å². The van der Waals surface area contributed by atoms with E-state index in [0.717, 1.165) is 19.5 Å². The quantitative estimate of drug-likeness (QED) is 0.356. The van der Waals surface area contributed by atoms with Crippen LogP contribution in [0.2, 0.25) is 0 Å². The van der Waals surface area contributed by atoms with Crippen molar-refractivity contribution in [1.29, 1.82) is 0 Å². The summed E-state index contributed by atoms with van der Waals surface area (Å²) in [6, 6.07) is 8.92. The molecule has 0 unspecified atom stereocenters. The summed E-state index contributed by atoms with van der Waals surface area (Å²) in [4.78, 5) is 20.7. The Morgan fingerprint density at radius 2 is 1.61 bits per heavy atom. The summed E-state index contributed by atoms with van der Waals surface area (Å²) in [5, 5.41) is 0. The van der Waals surface area contributed by atoms with Gasteiger partial charge >= 0.3 is 11.9 Å². The molecule has 0 heterocycles. The molecular weight excluding hydrogens is 296 g/mol. The zero-order valence-corrected chi connectivity index (χ0v) is 14.3. The molecule has 0 atom stereocenters. The van der Waals surface area contributed by atoms with E-state index in [-0.39, 0.29) is 11.9 Å². The average Bonchev–Trinajstić information content (AvgIpc) is 2.50. The summed E-state index contributed by atoms with van der Waals surface area (Å²) in [5.41, 5.74) is 0.402. The van der Waals surface area contributed by atoms with Gasteiger partial charge in [0.2, 0.25) is 0 Å². The third-order valence-corrected chi connectivity index (χ3v) is 1.96. The monoisotopic (exact) mass is 322 g/mol.